The van der Waals surface area contributed by atoms with E-state index in [0.29, 0.717) is 11.1 Å². The van der Waals surface area contributed by atoms with Gasteiger partial charge in [-0.25, -0.2) is 4.79 Å². The number of nitrogens with zero attached hydrogens (tertiary/aromatic N) is 1. The third-order valence-electron chi connectivity index (χ3n) is 3.00. The van der Waals surface area contributed by atoms with Gasteiger partial charge in [0.1, 0.15) is 17.8 Å². The molecule has 1 aromatic carbocycles. The predicted octanol–water partition coefficient (Wildman–Crippen LogP) is 1.82. The minimum Gasteiger partial charge on any atom is -0.444 e. The van der Waals surface area contributed by atoms with Crippen molar-refractivity contribution in [1.29, 1.82) is 0 Å². The number of non-ortho nitro benzene ring substituents is 1. The number of hydrogen-bond acceptors (Lipinski definition) is 6. The Morgan fingerprint density at radius 2 is 2.00 bits per heavy atom. The second-order valence-electron chi connectivity index (χ2n) is 6.19. The van der Waals surface area contributed by atoms with E-state index in [2.05, 4.69) is 5.32 Å². The highest BCUT2D eigenvalue weighted by Gasteiger charge is 2.23. The van der Waals surface area contributed by atoms with Gasteiger partial charge >= 0.3 is 6.09 Å². The highest BCUT2D eigenvalue weighted by molar-refractivity contribution is 5.67. The number of ether oxygens (including phenoxy) is 1. The van der Waals surface area contributed by atoms with E-state index in [1.807, 2.05) is 0 Å². The summed E-state index contributed by atoms with van der Waals surface area (Å²) in [5.41, 5.74) is 0.0692. The van der Waals surface area contributed by atoms with E-state index in [-0.39, 0.29) is 12.2 Å². The number of nitro benzene ring substituents is 1. The van der Waals surface area contributed by atoms with Crippen LogP contribution >= 0.6 is 0 Å². The van der Waals surface area contributed by atoms with Gasteiger partial charge in [-0.05, 0) is 44.9 Å². The molecule has 0 radical (unpaired) electrons. The normalized spacial score (nSPS) is 14.0. The topological polar surface area (TPSA) is 122 Å². The molecule has 0 heterocycles. The van der Waals surface area contributed by atoms with Crippen LogP contribution in [0.2, 0.25) is 0 Å². The SMILES string of the molecule is Cc1cc([N+](=O)[O-])ccc1C(O)C(O)CNC(=O)OC(C)(C)C. The zero-order valence-electron chi connectivity index (χ0n) is 13.6. The molecule has 0 spiro atoms. The standard InChI is InChI=1S/C15H22N2O6/c1-9-7-10(17(21)22)5-6-11(9)13(19)12(18)8-16-14(20)23-15(2,3)4/h5-7,12-13,18-19H,8H2,1-4H3,(H,16,20). The van der Waals surface area contributed by atoms with Gasteiger partial charge in [0.25, 0.3) is 5.69 Å². The quantitative estimate of drug-likeness (QED) is 0.560. The summed E-state index contributed by atoms with van der Waals surface area (Å²) in [6, 6.07) is 3.95. The van der Waals surface area contributed by atoms with E-state index in [0.717, 1.165) is 0 Å². The Bertz CT molecular complexity index is 582. The average molecular weight is 326 g/mol. The zero-order chi connectivity index (χ0) is 17.8. The summed E-state index contributed by atoms with van der Waals surface area (Å²) < 4.78 is 5.02. The zero-order valence-corrected chi connectivity index (χ0v) is 13.6. The molecule has 8 heteroatoms. The van der Waals surface area contributed by atoms with Gasteiger partial charge in [-0.1, -0.05) is 0 Å². The molecular formula is C15H22N2O6. The van der Waals surface area contributed by atoms with Crippen molar-refractivity contribution in [3.8, 4) is 0 Å². The van der Waals surface area contributed by atoms with Crippen LogP contribution in [0.15, 0.2) is 18.2 Å². The van der Waals surface area contributed by atoms with Gasteiger partial charge in [0.2, 0.25) is 0 Å². The number of carbonyl (C=O) groups is 1. The number of aryl methyl sites for hydroxylation is 1. The van der Waals surface area contributed by atoms with Crippen molar-refractivity contribution < 1.29 is 24.7 Å². The number of hydrogen-bond donors (Lipinski definition) is 3. The summed E-state index contributed by atoms with van der Waals surface area (Å²) in [6.07, 6.45) is -3.27. The minimum absolute atomic E-state index is 0.0974. The molecule has 3 N–H and O–H groups in total. The van der Waals surface area contributed by atoms with Crippen molar-refractivity contribution in [3.05, 3.63) is 39.4 Å². The van der Waals surface area contributed by atoms with Crippen LogP contribution in [0.1, 0.15) is 38.0 Å². The van der Waals surface area contributed by atoms with Gasteiger partial charge in [-0.3, -0.25) is 10.1 Å². The molecule has 23 heavy (non-hydrogen) atoms. The van der Waals surface area contributed by atoms with Crippen LogP contribution in [0.25, 0.3) is 0 Å². The molecule has 0 fully saturated rings. The van der Waals surface area contributed by atoms with Gasteiger partial charge in [0.05, 0.1) is 4.92 Å². The third kappa shape index (κ3) is 5.84. The lowest BCUT2D eigenvalue weighted by Crippen LogP contribution is -2.39. The largest absolute Gasteiger partial charge is 0.444 e. The number of rotatable bonds is 5. The Hall–Kier alpha value is -2.19. The molecule has 2 atom stereocenters. The lowest BCUT2D eigenvalue weighted by atomic mass is 9.99. The van der Waals surface area contributed by atoms with Crippen molar-refractivity contribution in [2.24, 2.45) is 0 Å². The van der Waals surface area contributed by atoms with E-state index in [1.54, 1.807) is 27.7 Å². The number of nitro groups is 1. The van der Waals surface area contributed by atoms with Crippen molar-refractivity contribution in [2.45, 2.75) is 45.5 Å². The Balaban J connectivity index is 2.68. The summed E-state index contributed by atoms with van der Waals surface area (Å²) in [4.78, 5) is 21.7. The maximum Gasteiger partial charge on any atom is 0.407 e. The molecule has 0 bridgehead atoms. The second kappa shape index (κ2) is 7.38. The van der Waals surface area contributed by atoms with Crippen molar-refractivity contribution >= 4 is 11.8 Å². The summed E-state index contributed by atoms with van der Waals surface area (Å²) in [7, 11) is 0. The minimum atomic E-state index is -1.29. The van der Waals surface area contributed by atoms with Gasteiger partial charge in [0.15, 0.2) is 0 Å². The maximum atomic E-state index is 11.5. The molecule has 1 aromatic rings. The highest BCUT2D eigenvalue weighted by Crippen LogP contribution is 2.24. The maximum absolute atomic E-state index is 11.5. The molecule has 0 saturated carbocycles. The Morgan fingerprint density at radius 1 is 1.39 bits per heavy atom. The van der Waals surface area contributed by atoms with Crippen LogP contribution in [0, 0.1) is 17.0 Å². The van der Waals surface area contributed by atoms with Gasteiger partial charge in [0, 0.05) is 18.7 Å². The number of aliphatic hydroxyl groups excluding tert-OH is 2. The van der Waals surface area contributed by atoms with Crippen molar-refractivity contribution in [1.82, 2.24) is 5.32 Å². The molecular weight excluding hydrogens is 304 g/mol. The predicted molar refractivity (Wildman–Crippen MR) is 83.0 cm³/mol. The number of alkyl carbamates (subject to hydrolysis) is 1. The fourth-order valence-corrected chi connectivity index (χ4v) is 1.93. The monoisotopic (exact) mass is 326 g/mol. The first-order valence-corrected chi connectivity index (χ1v) is 7.09. The fraction of sp³-hybridized carbons (Fsp3) is 0.533. The number of nitrogens with one attached hydrogen (secondary N) is 1. The van der Waals surface area contributed by atoms with Crippen LogP contribution in [-0.4, -0.2) is 39.5 Å². The van der Waals surface area contributed by atoms with E-state index in [9.17, 15) is 25.1 Å². The third-order valence-corrected chi connectivity index (χ3v) is 3.00. The summed E-state index contributed by atoms with van der Waals surface area (Å²) in [6.45, 7) is 6.50. The van der Waals surface area contributed by atoms with Crippen molar-refractivity contribution in [3.63, 3.8) is 0 Å². The lowest BCUT2D eigenvalue weighted by Gasteiger charge is -2.22. The highest BCUT2D eigenvalue weighted by atomic mass is 16.6. The average Bonchev–Trinajstić information content (AvgIpc) is 2.41. The molecule has 1 amide bonds. The van der Waals surface area contributed by atoms with Crippen LogP contribution in [0.4, 0.5) is 10.5 Å². The van der Waals surface area contributed by atoms with Crippen LogP contribution < -0.4 is 5.32 Å². The van der Waals surface area contributed by atoms with Crippen LogP contribution in [0.3, 0.4) is 0 Å². The molecule has 0 aliphatic heterocycles. The van der Waals surface area contributed by atoms with E-state index in [1.165, 1.54) is 18.2 Å². The van der Waals surface area contributed by atoms with E-state index < -0.39 is 28.8 Å². The number of benzene rings is 1. The first-order valence-electron chi connectivity index (χ1n) is 7.09. The van der Waals surface area contributed by atoms with Gasteiger partial charge < -0.3 is 20.3 Å². The molecule has 0 aromatic heterocycles. The number of carbonyl (C=O) groups excluding carboxylic acids is 1. The Labute approximate surface area is 134 Å². The summed E-state index contributed by atoms with van der Waals surface area (Å²) >= 11 is 0. The first kappa shape index (κ1) is 18.9. The molecule has 2 unspecified atom stereocenters. The number of amides is 1. The first-order chi connectivity index (χ1) is 10.5. The molecule has 128 valence electrons. The Kier molecular flexibility index (Phi) is 6.05. The number of aliphatic hydroxyl groups is 2. The van der Waals surface area contributed by atoms with E-state index >= 15 is 0 Å². The second-order valence-corrected chi connectivity index (χ2v) is 6.19. The molecule has 0 aliphatic rings. The fourth-order valence-electron chi connectivity index (χ4n) is 1.93. The van der Waals surface area contributed by atoms with E-state index in [4.69, 9.17) is 4.74 Å². The molecule has 1 rings (SSSR count). The molecule has 0 aliphatic carbocycles. The molecule has 8 nitrogen and oxygen atoms in total. The Morgan fingerprint density at radius 3 is 2.48 bits per heavy atom. The lowest BCUT2D eigenvalue weighted by molar-refractivity contribution is -0.384. The van der Waals surface area contributed by atoms with Crippen LogP contribution in [-0.2, 0) is 4.74 Å². The van der Waals surface area contributed by atoms with Crippen molar-refractivity contribution in [2.75, 3.05) is 6.54 Å². The van der Waals surface area contributed by atoms with Crippen LogP contribution in [0.5, 0.6) is 0 Å². The smallest absolute Gasteiger partial charge is 0.407 e. The van der Waals surface area contributed by atoms with Gasteiger partial charge in [-0.2, -0.15) is 0 Å². The summed E-state index contributed by atoms with van der Waals surface area (Å²) in [5, 5.41) is 33.2. The summed E-state index contributed by atoms with van der Waals surface area (Å²) in [5.74, 6) is 0. The molecule has 0 saturated heterocycles. The van der Waals surface area contributed by atoms with Gasteiger partial charge in [-0.15, -0.1) is 0 Å².